The van der Waals surface area contributed by atoms with Gasteiger partial charge in [-0.2, -0.15) is 0 Å². The van der Waals surface area contributed by atoms with Crippen LogP contribution in [0.5, 0.6) is 0 Å². The van der Waals surface area contributed by atoms with Gasteiger partial charge in [-0.25, -0.2) is 0 Å². The van der Waals surface area contributed by atoms with Crippen LogP contribution in [0.2, 0.25) is 0 Å². The molecule has 0 aliphatic heterocycles. The van der Waals surface area contributed by atoms with Crippen LogP contribution in [0.1, 0.15) is 79.1 Å². The van der Waals surface area contributed by atoms with E-state index in [9.17, 15) is 0 Å². The maximum Gasteiger partial charge on any atom is -0.0357 e. The Morgan fingerprint density at radius 1 is 0.611 bits per heavy atom. The fraction of sp³-hybridized carbons (Fsp3) is 1.00. The summed E-state index contributed by atoms with van der Waals surface area (Å²) in [6.45, 7) is 9.81. The van der Waals surface area contributed by atoms with Gasteiger partial charge in [-0.05, 0) is 54.8 Å². The summed E-state index contributed by atoms with van der Waals surface area (Å²) in [5.41, 5.74) is 0. The summed E-state index contributed by atoms with van der Waals surface area (Å²) in [6.07, 6.45) is 12.2. The topological polar surface area (TPSA) is 0 Å². The van der Waals surface area contributed by atoms with Crippen molar-refractivity contribution in [1.82, 2.24) is 0 Å². The van der Waals surface area contributed by atoms with Crippen LogP contribution in [-0.4, -0.2) is 0 Å². The van der Waals surface area contributed by atoms with E-state index in [1.54, 1.807) is 19.3 Å². The lowest BCUT2D eigenvalue weighted by Crippen LogP contribution is -2.34. The molecule has 0 heteroatoms. The van der Waals surface area contributed by atoms with Gasteiger partial charge in [0.25, 0.3) is 0 Å². The molecule has 0 aromatic rings. The highest BCUT2D eigenvalue weighted by Crippen LogP contribution is 2.46. The van der Waals surface area contributed by atoms with Crippen LogP contribution in [0.25, 0.3) is 0 Å². The highest BCUT2D eigenvalue weighted by Gasteiger charge is 2.36. The molecule has 0 nitrogen and oxygen atoms in total. The first-order valence-corrected chi connectivity index (χ1v) is 8.59. The van der Waals surface area contributed by atoms with E-state index in [0.29, 0.717) is 0 Å². The molecule has 18 heavy (non-hydrogen) atoms. The smallest absolute Gasteiger partial charge is 0.0357 e. The summed E-state index contributed by atoms with van der Waals surface area (Å²) >= 11 is 0. The minimum absolute atomic E-state index is 0.892. The Hall–Kier alpha value is 0. The largest absolute Gasteiger partial charge is 0.0625 e. The van der Waals surface area contributed by atoms with Crippen molar-refractivity contribution in [3.8, 4) is 0 Å². The van der Waals surface area contributed by atoms with Gasteiger partial charge < -0.3 is 0 Å². The molecule has 106 valence electrons. The molecule has 3 atom stereocenters. The van der Waals surface area contributed by atoms with Gasteiger partial charge in [-0.1, -0.05) is 59.8 Å². The fourth-order valence-corrected chi connectivity index (χ4v) is 4.89. The van der Waals surface area contributed by atoms with Crippen LogP contribution >= 0.6 is 0 Å². The Balaban J connectivity index is 1.96. The van der Waals surface area contributed by atoms with Gasteiger partial charge in [-0.3, -0.25) is 0 Å². The van der Waals surface area contributed by atoms with E-state index in [0.717, 1.165) is 35.5 Å². The molecule has 0 heterocycles. The number of hydrogen-bond donors (Lipinski definition) is 0. The second-order valence-electron chi connectivity index (χ2n) is 7.79. The standard InChI is InChI=1S/C18H34/c1-13(2)17-11-10-16(12-18(17)14(3)4)15-8-6-5-7-9-15/h13-18H,5-12H2,1-4H3. The van der Waals surface area contributed by atoms with E-state index < -0.39 is 0 Å². The van der Waals surface area contributed by atoms with Gasteiger partial charge in [0.1, 0.15) is 0 Å². The maximum atomic E-state index is 2.46. The van der Waals surface area contributed by atoms with Gasteiger partial charge >= 0.3 is 0 Å². The summed E-state index contributed by atoms with van der Waals surface area (Å²) < 4.78 is 0. The lowest BCUT2D eigenvalue weighted by molar-refractivity contribution is 0.0638. The van der Waals surface area contributed by atoms with Crippen molar-refractivity contribution >= 4 is 0 Å². The van der Waals surface area contributed by atoms with Crippen LogP contribution in [0.4, 0.5) is 0 Å². The lowest BCUT2D eigenvalue weighted by Gasteiger charge is -2.44. The predicted molar refractivity (Wildman–Crippen MR) is 80.6 cm³/mol. The first kappa shape index (κ1) is 14.4. The molecule has 0 amide bonds. The van der Waals surface area contributed by atoms with Crippen molar-refractivity contribution in [1.29, 1.82) is 0 Å². The van der Waals surface area contributed by atoms with E-state index in [2.05, 4.69) is 27.7 Å². The van der Waals surface area contributed by atoms with Crippen LogP contribution < -0.4 is 0 Å². The first-order chi connectivity index (χ1) is 8.59. The van der Waals surface area contributed by atoms with Crippen molar-refractivity contribution in [2.45, 2.75) is 79.1 Å². The van der Waals surface area contributed by atoms with Gasteiger partial charge in [0.05, 0.1) is 0 Å². The summed E-state index contributed by atoms with van der Waals surface area (Å²) in [5, 5.41) is 0. The number of rotatable bonds is 3. The van der Waals surface area contributed by atoms with Crippen molar-refractivity contribution in [3.63, 3.8) is 0 Å². The average molecular weight is 250 g/mol. The lowest BCUT2D eigenvalue weighted by atomic mass is 9.62. The molecule has 0 spiro atoms. The zero-order chi connectivity index (χ0) is 13.1. The van der Waals surface area contributed by atoms with Crippen molar-refractivity contribution in [3.05, 3.63) is 0 Å². The van der Waals surface area contributed by atoms with Gasteiger partial charge in [0.2, 0.25) is 0 Å². The quantitative estimate of drug-likeness (QED) is 0.584. The first-order valence-electron chi connectivity index (χ1n) is 8.59. The van der Waals surface area contributed by atoms with Crippen molar-refractivity contribution in [2.75, 3.05) is 0 Å². The molecule has 3 unspecified atom stereocenters. The molecule has 2 aliphatic carbocycles. The van der Waals surface area contributed by atoms with Crippen LogP contribution in [0.3, 0.4) is 0 Å². The Labute approximate surface area is 115 Å². The van der Waals surface area contributed by atoms with Crippen LogP contribution in [-0.2, 0) is 0 Å². The van der Waals surface area contributed by atoms with Crippen molar-refractivity contribution in [2.24, 2.45) is 35.5 Å². The molecule has 0 bridgehead atoms. The highest BCUT2D eigenvalue weighted by molar-refractivity contribution is 4.87. The Bertz CT molecular complexity index is 234. The Kier molecular flexibility index (Phi) is 5.15. The predicted octanol–water partition coefficient (Wildman–Crippen LogP) is 5.91. The van der Waals surface area contributed by atoms with E-state index >= 15 is 0 Å². The van der Waals surface area contributed by atoms with E-state index in [1.165, 1.54) is 32.1 Å². The summed E-state index contributed by atoms with van der Waals surface area (Å²) in [6, 6.07) is 0. The third-order valence-electron chi connectivity index (χ3n) is 6.02. The second-order valence-corrected chi connectivity index (χ2v) is 7.79. The molecule has 0 N–H and O–H groups in total. The zero-order valence-corrected chi connectivity index (χ0v) is 13.1. The molecule has 0 radical (unpaired) electrons. The molecular weight excluding hydrogens is 216 g/mol. The van der Waals surface area contributed by atoms with Crippen LogP contribution in [0, 0.1) is 35.5 Å². The third kappa shape index (κ3) is 3.31. The summed E-state index contributed by atoms with van der Waals surface area (Å²) in [4.78, 5) is 0. The molecule has 2 saturated carbocycles. The fourth-order valence-electron chi connectivity index (χ4n) is 4.89. The summed E-state index contributed by atoms with van der Waals surface area (Å²) in [5.74, 6) is 5.96. The molecule has 0 saturated heterocycles. The minimum Gasteiger partial charge on any atom is -0.0625 e. The Morgan fingerprint density at radius 3 is 1.78 bits per heavy atom. The average Bonchev–Trinajstić information content (AvgIpc) is 2.39. The van der Waals surface area contributed by atoms with Crippen molar-refractivity contribution < 1.29 is 0 Å². The molecule has 2 rings (SSSR count). The molecular formula is C18H34. The van der Waals surface area contributed by atoms with E-state index in [1.807, 2.05) is 0 Å². The highest BCUT2D eigenvalue weighted by atomic mass is 14.4. The zero-order valence-electron chi connectivity index (χ0n) is 13.1. The molecule has 0 aromatic heterocycles. The SMILES string of the molecule is CC(C)C1CCC(C2CCCCC2)CC1C(C)C. The van der Waals surface area contributed by atoms with E-state index in [-0.39, 0.29) is 0 Å². The van der Waals surface area contributed by atoms with Gasteiger partial charge in [0.15, 0.2) is 0 Å². The maximum absolute atomic E-state index is 2.46. The van der Waals surface area contributed by atoms with Crippen LogP contribution in [0.15, 0.2) is 0 Å². The molecule has 0 aromatic carbocycles. The minimum atomic E-state index is 0.892. The third-order valence-corrected chi connectivity index (χ3v) is 6.02. The number of hydrogen-bond acceptors (Lipinski definition) is 0. The van der Waals surface area contributed by atoms with Gasteiger partial charge in [0, 0.05) is 0 Å². The van der Waals surface area contributed by atoms with E-state index in [4.69, 9.17) is 0 Å². The summed E-state index contributed by atoms with van der Waals surface area (Å²) in [7, 11) is 0. The monoisotopic (exact) mass is 250 g/mol. The molecule has 2 aliphatic rings. The normalized spacial score (nSPS) is 35.3. The Morgan fingerprint density at radius 2 is 1.22 bits per heavy atom. The second kappa shape index (κ2) is 6.44. The van der Waals surface area contributed by atoms with Gasteiger partial charge in [-0.15, -0.1) is 0 Å². The molecule has 2 fully saturated rings.